The van der Waals surface area contributed by atoms with Crippen LogP contribution in [0.2, 0.25) is 0 Å². The lowest BCUT2D eigenvalue weighted by Crippen LogP contribution is -2.30. The van der Waals surface area contributed by atoms with Gasteiger partial charge in [-0.05, 0) is 19.1 Å². The molecule has 1 N–H and O–H groups in total. The zero-order valence-corrected chi connectivity index (χ0v) is 8.55. The SMILES string of the molecule is CCOC(COc1ccccc1)C(=O)O. The first-order valence-electron chi connectivity index (χ1n) is 4.76. The molecule has 0 saturated heterocycles. The third kappa shape index (κ3) is 3.99. The number of aliphatic carboxylic acids is 1. The summed E-state index contributed by atoms with van der Waals surface area (Å²) in [6.07, 6.45) is -0.907. The van der Waals surface area contributed by atoms with E-state index in [9.17, 15) is 4.79 Å². The van der Waals surface area contributed by atoms with Gasteiger partial charge in [0.1, 0.15) is 12.4 Å². The highest BCUT2D eigenvalue weighted by molar-refractivity contribution is 5.72. The lowest BCUT2D eigenvalue weighted by Gasteiger charge is -2.13. The van der Waals surface area contributed by atoms with Crippen molar-refractivity contribution in [3.05, 3.63) is 30.3 Å². The lowest BCUT2D eigenvalue weighted by atomic mass is 10.3. The van der Waals surface area contributed by atoms with Gasteiger partial charge in [-0.3, -0.25) is 0 Å². The Balaban J connectivity index is 2.43. The van der Waals surface area contributed by atoms with E-state index in [4.69, 9.17) is 14.6 Å². The summed E-state index contributed by atoms with van der Waals surface area (Å²) in [5.41, 5.74) is 0. The number of rotatable bonds is 6. The maximum Gasteiger partial charge on any atom is 0.336 e. The van der Waals surface area contributed by atoms with Crippen LogP contribution in [0, 0.1) is 0 Å². The summed E-state index contributed by atoms with van der Waals surface area (Å²) in [6.45, 7) is 2.13. The quantitative estimate of drug-likeness (QED) is 0.774. The molecular formula is C11H14O4. The Morgan fingerprint density at radius 2 is 2.07 bits per heavy atom. The number of para-hydroxylation sites is 1. The molecule has 15 heavy (non-hydrogen) atoms. The summed E-state index contributed by atoms with van der Waals surface area (Å²) >= 11 is 0. The number of hydrogen-bond acceptors (Lipinski definition) is 3. The summed E-state index contributed by atoms with van der Waals surface area (Å²) in [6, 6.07) is 9.05. The van der Waals surface area contributed by atoms with Crippen molar-refractivity contribution < 1.29 is 19.4 Å². The Morgan fingerprint density at radius 1 is 1.40 bits per heavy atom. The Hall–Kier alpha value is -1.55. The van der Waals surface area contributed by atoms with E-state index in [1.165, 1.54) is 0 Å². The topological polar surface area (TPSA) is 55.8 Å². The Bertz CT molecular complexity index is 297. The highest BCUT2D eigenvalue weighted by Crippen LogP contribution is 2.09. The summed E-state index contributed by atoms with van der Waals surface area (Å²) in [5.74, 6) is -0.365. The monoisotopic (exact) mass is 210 g/mol. The average Bonchev–Trinajstić information content (AvgIpc) is 2.25. The first kappa shape index (κ1) is 11.5. The molecule has 0 radical (unpaired) electrons. The molecule has 1 atom stereocenters. The van der Waals surface area contributed by atoms with Crippen LogP contribution < -0.4 is 4.74 Å². The van der Waals surface area contributed by atoms with E-state index in [0.717, 1.165) is 0 Å². The molecule has 0 amide bonds. The zero-order valence-electron chi connectivity index (χ0n) is 8.55. The van der Waals surface area contributed by atoms with Crippen LogP contribution in [0.3, 0.4) is 0 Å². The number of benzene rings is 1. The van der Waals surface area contributed by atoms with Crippen molar-refractivity contribution in [2.45, 2.75) is 13.0 Å². The second kappa shape index (κ2) is 6.03. The average molecular weight is 210 g/mol. The van der Waals surface area contributed by atoms with Crippen molar-refractivity contribution in [1.82, 2.24) is 0 Å². The molecule has 1 aromatic rings. The van der Waals surface area contributed by atoms with Gasteiger partial charge in [0.2, 0.25) is 0 Å². The van der Waals surface area contributed by atoms with Gasteiger partial charge in [0, 0.05) is 6.61 Å². The molecule has 0 aromatic heterocycles. The first-order chi connectivity index (χ1) is 7.24. The van der Waals surface area contributed by atoms with Crippen LogP contribution in [0.25, 0.3) is 0 Å². The van der Waals surface area contributed by atoms with Crippen LogP contribution in [-0.2, 0) is 9.53 Å². The van der Waals surface area contributed by atoms with Gasteiger partial charge in [0.25, 0.3) is 0 Å². The van der Waals surface area contributed by atoms with E-state index in [0.29, 0.717) is 12.4 Å². The molecule has 0 aliphatic rings. The number of hydrogen-bond donors (Lipinski definition) is 1. The standard InChI is InChI=1S/C11H14O4/c1-2-14-10(11(12)13)8-15-9-6-4-3-5-7-9/h3-7,10H,2,8H2,1H3,(H,12,13). The van der Waals surface area contributed by atoms with Gasteiger partial charge >= 0.3 is 5.97 Å². The smallest absolute Gasteiger partial charge is 0.336 e. The summed E-state index contributed by atoms with van der Waals surface area (Å²) in [5, 5.41) is 8.78. The van der Waals surface area contributed by atoms with Crippen LogP contribution in [0.1, 0.15) is 6.92 Å². The van der Waals surface area contributed by atoms with Crippen molar-refractivity contribution in [1.29, 1.82) is 0 Å². The minimum atomic E-state index is -1.01. The van der Waals surface area contributed by atoms with Gasteiger partial charge in [0.05, 0.1) is 0 Å². The fourth-order valence-electron chi connectivity index (χ4n) is 1.08. The van der Waals surface area contributed by atoms with E-state index in [1.807, 2.05) is 18.2 Å². The molecule has 0 spiro atoms. The molecule has 0 aliphatic carbocycles. The minimum Gasteiger partial charge on any atom is -0.490 e. The third-order valence-corrected chi connectivity index (χ3v) is 1.79. The molecule has 4 nitrogen and oxygen atoms in total. The highest BCUT2D eigenvalue weighted by atomic mass is 16.5. The van der Waals surface area contributed by atoms with Crippen LogP contribution in [0.5, 0.6) is 5.75 Å². The van der Waals surface area contributed by atoms with Crippen molar-refractivity contribution in [2.24, 2.45) is 0 Å². The molecule has 82 valence electrons. The number of carboxylic acid groups (broad SMARTS) is 1. The zero-order chi connectivity index (χ0) is 11.1. The second-order valence-electron chi connectivity index (χ2n) is 2.91. The normalized spacial score (nSPS) is 12.1. The van der Waals surface area contributed by atoms with Crippen LogP contribution in [0.4, 0.5) is 0 Å². The summed E-state index contributed by atoms with van der Waals surface area (Å²) < 4.78 is 10.3. The van der Waals surface area contributed by atoms with Gasteiger partial charge in [-0.25, -0.2) is 4.79 Å². The Labute approximate surface area is 88.4 Å². The van der Waals surface area contributed by atoms with Gasteiger partial charge in [-0.1, -0.05) is 18.2 Å². The fourth-order valence-corrected chi connectivity index (χ4v) is 1.08. The molecule has 0 bridgehead atoms. The fraction of sp³-hybridized carbons (Fsp3) is 0.364. The lowest BCUT2D eigenvalue weighted by molar-refractivity contribution is -0.152. The van der Waals surface area contributed by atoms with E-state index in [1.54, 1.807) is 19.1 Å². The first-order valence-corrected chi connectivity index (χ1v) is 4.76. The third-order valence-electron chi connectivity index (χ3n) is 1.79. The van der Waals surface area contributed by atoms with Gasteiger partial charge in [-0.2, -0.15) is 0 Å². The molecule has 0 aliphatic heterocycles. The number of carbonyl (C=O) groups is 1. The Morgan fingerprint density at radius 3 is 2.60 bits per heavy atom. The van der Waals surface area contributed by atoms with Gasteiger partial charge < -0.3 is 14.6 Å². The van der Waals surface area contributed by atoms with E-state index < -0.39 is 12.1 Å². The van der Waals surface area contributed by atoms with Crippen molar-refractivity contribution in [2.75, 3.05) is 13.2 Å². The largest absolute Gasteiger partial charge is 0.490 e. The minimum absolute atomic E-state index is 0.0210. The van der Waals surface area contributed by atoms with Crippen LogP contribution in [0.15, 0.2) is 30.3 Å². The van der Waals surface area contributed by atoms with Crippen LogP contribution in [-0.4, -0.2) is 30.4 Å². The second-order valence-corrected chi connectivity index (χ2v) is 2.91. The number of ether oxygens (including phenoxy) is 2. The number of carboxylic acids is 1. The van der Waals surface area contributed by atoms with E-state index in [2.05, 4.69) is 0 Å². The van der Waals surface area contributed by atoms with E-state index >= 15 is 0 Å². The molecule has 0 heterocycles. The van der Waals surface area contributed by atoms with Crippen LogP contribution >= 0.6 is 0 Å². The van der Waals surface area contributed by atoms with Crippen molar-refractivity contribution >= 4 is 5.97 Å². The molecule has 1 aromatic carbocycles. The maximum absolute atomic E-state index is 10.7. The van der Waals surface area contributed by atoms with Gasteiger partial charge in [-0.15, -0.1) is 0 Å². The molecule has 4 heteroatoms. The molecule has 0 saturated carbocycles. The maximum atomic E-state index is 10.7. The predicted molar refractivity (Wildman–Crippen MR) is 55.0 cm³/mol. The Kier molecular flexibility index (Phi) is 4.63. The molecule has 1 unspecified atom stereocenters. The summed E-state index contributed by atoms with van der Waals surface area (Å²) in [7, 11) is 0. The van der Waals surface area contributed by atoms with E-state index in [-0.39, 0.29) is 6.61 Å². The van der Waals surface area contributed by atoms with Gasteiger partial charge in [0.15, 0.2) is 6.10 Å². The predicted octanol–water partition coefficient (Wildman–Crippen LogP) is 1.56. The molecule has 0 fully saturated rings. The highest BCUT2D eigenvalue weighted by Gasteiger charge is 2.17. The molecule has 1 rings (SSSR count). The van der Waals surface area contributed by atoms with Crippen molar-refractivity contribution in [3.8, 4) is 5.75 Å². The summed E-state index contributed by atoms with van der Waals surface area (Å²) in [4.78, 5) is 10.7. The molecular weight excluding hydrogens is 196 g/mol. The van der Waals surface area contributed by atoms with Crippen molar-refractivity contribution in [3.63, 3.8) is 0 Å².